The molecule has 0 unspecified atom stereocenters. The maximum Gasteiger partial charge on any atom is 0.223 e. The molecule has 1 aliphatic carbocycles. The van der Waals surface area contributed by atoms with E-state index in [2.05, 4.69) is 20.3 Å². The molecule has 0 bridgehead atoms. The van der Waals surface area contributed by atoms with Crippen molar-refractivity contribution in [1.82, 2.24) is 15.0 Å². The monoisotopic (exact) mass is 372 g/mol. The Balaban J connectivity index is 1.50. The Kier molecular flexibility index (Phi) is 4.81. The van der Waals surface area contributed by atoms with Crippen LogP contribution in [-0.4, -0.2) is 32.2 Å². The Hall–Kier alpha value is -2.87. The third kappa shape index (κ3) is 4.11. The molecule has 1 aromatic carbocycles. The van der Waals surface area contributed by atoms with Crippen molar-refractivity contribution in [2.75, 3.05) is 5.32 Å². The van der Waals surface area contributed by atoms with Gasteiger partial charge < -0.3 is 15.2 Å². The number of benzene rings is 1. The van der Waals surface area contributed by atoms with E-state index < -0.39 is 11.6 Å². The first-order chi connectivity index (χ1) is 13.1. The molecular formula is C19H18F2N4O2. The lowest BCUT2D eigenvalue weighted by Gasteiger charge is -2.26. The molecule has 4 rings (SSSR count). The zero-order chi connectivity index (χ0) is 18.8. The minimum atomic E-state index is -0.801. The standard InChI is InChI=1S/C19H18F2N4O2/c20-12-1-6-17(15(21)8-12)27-18-7-11-9-23-19(25-16(11)10-22-18)24-13-2-4-14(26)5-3-13/h1,6-10,13-14,26H,2-5H2,(H,23,24,25). The molecule has 1 aliphatic rings. The van der Waals surface area contributed by atoms with Gasteiger partial charge in [-0.3, -0.25) is 0 Å². The molecular weight excluding hydrogens is 354 g/mol. The quantitative estimate of drug-likeness (QED) is 0.725. The van der Waals surface area contributed by atoms with Crippen molar-refractivity contribution in [1.29, 1.82) is 0 Å². The second-order valence-corrected chi connectivity index (χ2v) is 6.60. The molecule has 140 valence electrons. The highest BCUT2D eigenvalue weighted by Gasteiger charge is 2.20. The summed E-state index contributed by atoms with van der Waals surface area (Å²) >= 11 is 0. The van der Waals surface area contributed by atoms with Crippen LogP contribution in [0.4, 0.5) is 14.7 Å². The molecule has 6 nitrogen and oxygen atoms in total. The van der Waals surface area contributed by atoms with E-state index >= 15 is 0 Å². The lowest BCUT2D eigenvalue weighted by atomic mass is 9.93. The number of nitrogens with zero attached hydrogens (tertiary/aromatic N) is 3. The number of aliphatic hydroxyl groups is 1. The minimum Gasteiger partial charge on any atom is -0.436 e. The molecule has 0 amide bonds. The van der Waals surface area contributed by atoms with E-state index in [1.807, 2.05) is 0 Å². The van der Waals surface area contributed by atoms with Crippen molar-refractivity contribution < 1.29 is 18.6 Å². The van der Waals surface area contributed by atoms with Crippen molar-refractivity contribution in [2.45, 2.75) is 37.8 Å². The van der Waals surface area contributed by atoms with E-state index in [1.165, 1.54) is 12.3 Å². The second kappa shape index (κ2) is 7.40. The summed E-state index contributed by atoms with van der Waals surface area (Å²) in [7, 11) is 0. The second-order valence-electron chi connectivity index (χ2n) is 6.60. The van der Waals surface area contributed by atoms with Gasteiger partial charge in [0.2, 0.25) is 11.8 Å². The molecule has 3 aromatic rings. The van der Waals surface area contributed by atoms with Crippen LogP contribution in [0.3, 0.4) is 0 Å². The van der Waals surface area contributed by atoms with Gasteiger partial charge in [0.15, 0.2) is 11.6 Å². The predicted molar refractivity (Wildman–Crippen MR) is 95.7 cm³/mol. The molecule has 2 heterocycles. The fraction of sp³-hybridized carbons (Fsp3) is 0.316. The Morgan fingerprint density at radius 2 is 1.85 bits per heavy atom. The Bertz CT molecular complexity index is 962. The third-order valence-corrected chi connectivity index (χ3v) is 4.58. The molecule has 0 saturated heterocycles. The third-order valence-electron chi connectivity index (χ3n) is 4.58. The summed E-state index contributed by atoms with van der Waals surface area (Å²) in [4.78, 5) is 12.9. The van der Waals surface area contributed by atoms with E-state index in [1.54, 1.807) is 12.3 Å². The first-order valence-corrected chi connectivity index (χ1v) is 8.77. The highest BCUT2D eigenvalue weighted by molar-refractivity contribution is 5.78. The number of hydrogen-bond acceptors (Lipinski definition) is 6. The average molecular weight is 372 g/mol. The smallest absolute Gasteiger partial charge is 0.223 e. The van der Waals surface area contributed by atoms with Crippen molar-refractivity contribution in [2.24, 2.45) is 0 Å². The lowest BCUT2D eigenvalue weighted by molar-refractivity contribution is 0.126. The van der Waals surface area contributed by atoms with Crippen LogP contribution in [0.25, 0.3) is 10.9 Å². The largest absolute Gasteiger partial charge is 0.436 e. The Morgan fingerprint density at radius 3 is 2.63 bits per heavy atom. The van der Waals surface area contributed by atoms with Crippen molar-refractivity contribution in [3.8, 4) is 11.6 Å². The molecule has 2 N–H and O–H groups in total. The molecule has 2 aromatic heterocycles. The normalized spacial score (nSPS) is 19.8. The van der Waals surface area contributed by atoms with Gasteiger partial charge in [0.1, 0.15) is 5.82 Å². The van der Waals surface area contributed by atoms with E-state index in [0.29, 0.717) is 16.9 Å². The van der Waals surface area contributed by atoms with E-state index in [4.69, 9.17) is 4.74 Å². The maximum atomic E-state index is 13.7. The number of fused-ring (bicyclic) bond motifs is 1. The predicted octanol–water partition coefficient (Wildman–Crippen LogP) is 3.81. The molecule has 0 radical (unpaired) electrons. The highest BCUT2D eigenvalue weighted by Crippen LogP contribution is 2.26. The number of hydrogen-bond donors (Lipinski definition) is 2. The topological polar surface area (TPSA) is 80.2 Å². The Labute approximate surface area is 154 Å². The molecule has 8 heteroatoms. The van der Waals surface area contributed by atoms with Crippen molar-refractivity contribution in [3.63, 3.8) is 0 Å². The fourth-order valence-electron chi connectivity index (χ4n) is 3.11. The minimum absolute atomic E-state index is 0.109. The van der Waals surface area contributed by atoms with E-state index in [0.717, 1.165) is 37.8 Å². The summed E-state index contributed by atoms with van der Waals surface area (Å²) in [6.45, 7) is 0. The Morgan fingerprint density at radius 1 is 1.04 bits per heavy atom. The van der Waals surface area contributed by atoms with Gasteiger partial charge in [-0.25, -0.2) is 23.7 Å². The molecule has 0 spiro atoms. The molecule has 27 heavy (non-hydrogen) atoms. The molecule has 0 aliphatic heterocycles. The molecule has 0 atom stereocenters. The summed E-state index contributed by atoms with van der Waals surface area (Å²) in [5.41, 5.74) is 0.621. The zero-order valence-corrected chi connectivity index (χ0v) is 14.4. The number of pyridine rings is 1. The summed E-state index contributed by atoms with van der Waals surface area (Å²) in [5.74, 6) is -0.915. The number of nitrogens with one attached hydrogen (secondary N) is 1. The van der Waals surface area contributed by atoms with Crippen molar-refractivity contribution >= 4 is 16.9 Å². The summed E-state index contributed by atoms with van der Waals surface area (Å²) in [6.07, 6.45) is 6.23. The van der Waals surface area contributed by atoms with Crippen LogP contribution in [0.2, 0.25) is 0 Å². The SMILES string of the molecule is OC1CCC(Nc2ncc3cc(Oc4ccc(F)cc4F)ncc3n2)CC1. The maximum absolute atomic E-state index is 13.7. The van der Waals surface area contributed by atoms with Gasteiger partial charge in [0, 0.05) is 29.8 Å². The number of rotatable bonds is 4. The van der Waals surface area contributed by atoms with Gasteiger partial charge in [-0.2, -0.15) is 0 Å². The van der Waals surface area contributed by atoms with Crippen LogP contribution >= 0.6 is 0 Å². The first kappa shape index (κ1) is 17.5. The zero-order valence-electron chi connectivity index (χ0n) is 14.4. The summed E-state index contributed by atoms with van der Waals surface area (Å²) < 4.78 is 32.1. The number of ether oxygens (including phenoxy) is 1. The van der Waals surface area contributed by atoms with Crippen LogP contribution < -0.4 is 10.1 Å². The van der Waals surface area contributed by atoms with Crippen LogP contribution in [-0.2, 0) is 0 Å². The van der Waals surface area contributed by atoms with Gasteiger partial charge in [0.25, 0.3) is 0 Å². The average Bonchev–Trinajstić information content (AvgIpc) is 2.66. The van der Waals surface area contributed by atoms with Gasteiger partial charge >= 0.3 is 0 Å². The molecule has 1 fully saturated rings. The van der Waals surface area contributed by atoms with E-state index in [9.17, 15) is 13.9 Å². The number of anilines is 1. The molecule has 1 saturated carbocycles. The van der Waals surface area contributed by atoms with Crippen LogP contribution in [0, 0.1) is 11.6 Å². The van der Waals surface area contributed by atoms with Gasteiger partial charge in [-0.1, -0.05) is 0 Å². The van der Waals surface area contributed by atoms with Crippen LogP contribution in [0.1, 0.15) is 25.7 Å². The number of halogens is 2. The number of aliphatic hydroxyl groups excluding tert-OH is 1. The first-order valence-electron chi connectivity index (χ1n) is 8.77. The van der Waals surface area contributed by atoms with Gasteiger partial charge in [-0.15, -0.1) is 0 Å². The fourth-order valence-corrected chi connectivity index (χ4v) is 3.11. The van der Waals surface area contributed by atoms with Crippen molar-refractivity contribution in [3.05, 3.63) is 48.3 Å². The highest BCUT2D eigenvalue weighted by atomic mass is 19.1. The van der Waals surface area contributed by atoms with Crippen LogP contribution in [0.15, 0.2) is 36.7 Å². The summed E-state index contributed by atoms with van der Waals surface area (Å²) in [5, 5.41) is 13.5. The van der Waals surface area contributed by atoms with Gasteiger partial charge in [0.05, 0.1) is 17.8 Å². The van der Waals surface area contributed by atoms with Gasteiger partial charge in [-0.05, 0) is 37.8 Å². The summed E-state index contributed by atoms with van der Waals surface area (Å²) in [6, 6.07) is 4.91. The number of aromatic nitrogens is 3. The lowest BCUT2D eigenvalue weighted by Crippen LogP contribution is -2.28. The van der Waals surface area contributed by atoms with Crippen LogP contribution in [0.5, 0.6) is 11.6 Å². The van der Waals surface area contributed by atoms with E-state index in [-0.39, 0.29) is 23.8 Å².